The molecular weight excluding hydrogens is 546 g/mol. The highest BCUT2D eigenvalue weighted by Crippen LogP contribution is 2.18. The maximum absolute atomic E-state index is 10.3. The van der Waals surface area contributed by atoms with E-state index in [0.717, 1.165) is 11.8 Å². The summed E-state index contributed by atoms with van der Waals surface area (Å²) in [5.74, 6) is 0. The SMILES string of the molecule is Cc1ccc(Cl)c(C=O)c1.Cc1ccc2sncc2c1.S=S=S=S=S=S=S=S. The molecule has 1 heterocycles. The highest BCUT2D eigenvalue weighted by Gasteiger charge is 1.96. The lowest BCUT2D eigenvalue weighted by atomic mass is 10.2. The molecule has 2 nitrogen and oxygen atoms in total. The Labute approximate surface area is 200 Å². The predicted octanol–water partition coefficient (Wildman–Crippen LogP) is 5.05. The summed E-state index contributed by atoms with van der Waals surface area (Å²) in [6, 6.07) is 11.7. The van der Waals surface area contributed by atoms with E-state index in [2.05, 4.69) is 51.9 Å². The fraction of sp³-hybridized carbons (Fsp3) is 0.125. The molecule has 28 heavy (non-hydrogen) atoms. The van der Waals surface area contributed by atoms with Crippen LogP contribution in [-0.4, -0.2) is 10.7 Å². The summed E-state index contributed by atoms with van der Waals surface area (Å²) in [6.45, 7) is 4.01. The van der Waals surface area contributed by atoms with E-state index in [4.69, 9.17) is 11.6 Å². The van der Waals surface area contributed by atoms with Gasteiger partial charge in [0.2, 0.25) is 0 Å². The molecule has 0 unspecified atom stereocenters. The zero-order chi connectivity index (χ0) is 20.8. The number of fused-ring (bicyclic) bond motifs is 1. The molecule has 0 spiro atoms. The second-order valence-corrected chi connectivity index (χ2v) is 16.8. The third kappa shape index (κ3) is 10.7. The normalized spacial score (nSPS) is 8.96. The first-order valence-corrected chi connectivity index (χ1v) is 17.8. The highest BCUT2D eigenvalue weighted by atomic mass is 35.5. The number of rotatable bonds is 1. The molecule has 3 aromatic rings. The van der Waals surface area contributed by atoms with Gasteiger partial charge in [-0.15, -0.1) is 0 Å². The number of aromatic nitrogens is 1. The van der Waals surface area contributed by atoms with Crippen LogP contribution in [0.1, 0.15) is 21.5 Å². The van der Waals surface area contributed by atoms with Crippen LogP contribution in [0.25, 0.3) is 10.1 Å². The van der Waals surface area contributed by atoms with Gasteiger partial charge in [0.05, 0.1) is 9.72 Å². The van der Waals surface area contributed by atoms with Crippen LogP contribution in [0.15, 0.2) is 42.6 Å². The first kappa shape index (κ1) is 26.1. The van der Waals surface area contributed by atoms with Crippen molar-refractivity contribution in [3.63, 3.8) is 0 Å². The Morgan fingerprint density at radius 1 is 0.964 bits per heavy atom. The minimum absolute atomic E-state index is 0.514. The maximum Gasteiger partial charge on any atom is 0.151 e. The molecule has 0 aliphatic heterocycles. The second kappa shape index (κ2) is 15.8. The lowest BCUT2D eigenvalue weighted by Crippen LogP contribution is -1.82. The zero-order valence-corrected chi connectivity index (χ0v) is 22.6. The predicted molar refractivity (Wildman–Crippen MR) is 145 cm³/mol. The van der Waals surface area contributed by atoms with Gasteiger partial charge < -0.3 is 0 Å². The second-order valence-electron chi connectivity index (χ2n) is 4.92. The Hall–Kier alpha value is 0.0500. The molecular formula is C16H14ClNOS9. The Morgan fingerprint density at radius 2 is 1.57 bits per heavy atom. The molecule has 0 radical (unpaired) electrons. The van der Waals surface area contributed by atoms with Crippen molar-refractivity contribution in [1.82, 2.24) is 4.37 Å². The number of hydrogen-bond donors (Lipinski definition) is 0. The van der Waals surface area contributed by atoms with Crippen molar-refractivity contribution in [3.8, 4) is 0 Å². The summed E-state index contributed by atoms with van der Waals surface area (Å²) in [4.78, 5) is 10.3. The summed E-state index contributed by atoms with van der Waals surface area (Å²) in [5.41, 5.74) is 2.90. The third-order valence-electron chi connectivity index (χ3n) is 2.93. The Bertz CT molecular complexity index is 1160. The Balaban J connectivity index is 0.000000212. The molecule has 150 valence electrons. The molecule has 0 atom stereocenters. The number of carbonyl (C=O) groups is 1. The van der Waals surface area contributed by atoms with Crippen molar-refractivity contribution in [2.75, 3.05) is 0 Å². The number of carbonyl (C=O) groups excluding carboxylic acids is 1. The number of benzene rings is 2. The van der Waals surface area contributed by atoms with Crippen molar-refractivity contribution >= 4 is 115 Å². The molecule has 3 rings (SSSR count). The van der Waals surface area contributed by atoms with Gasteiger partial charge in [0.1, 0.15) is 0 Å². The smallest absolute Gasteiger partial charge is 0.151 e. The van der Waals surface area contributed by atoms with Gasteiger partial charge in [-0.1, -0.05) is 34.9 Å². The zero-order valence-electron chi connectivity index (χ0n) is 14.5. The molecule has 12 heteroatoms. The van der Waals surface area contributed by atoms with Crippen LogP contribution in [0.5, 0.6) is 0 Å². The van der Waals surface area contributed by atoms with Gasteiger partial charge in [-0.2, -0.15) is 4.37 Å². The third-order valence-corrected chi connectivity index (χ3v) is 15.2. The topological polar surface area (TPSA) is 30.0 Å². The van der Waals surface area contributed by atoms with Crippen molar-refractivity contribution in [2.45, 2.75) is 13.8 Å². The van der Waals surface area contributed by atoms with E-state index in [9.17, 15) is 4.79 Å². The summed E-state index contributed by atoms with van der Waals surface area (Å²) < 4.78 is 5.35. The van der Waals surface area contributed by atoms with Gasteiger partial charge >= 0.3 is 0 Å². The Morgan fingerprint density at radius 3 is 2.14 bits per heavy atom. The fourth-order valence-electron chi connectivity index (χ4n) is 1.79. The lowest BCUT2D eigenvalue weighted by Gasteiger charge is -1.95. The monoisotopic (exact) mass is 559 g/mol. The van der Waals surface area contributed by atoms with Crippen LogP contribution in [0.4, 0.5) is 0 Å². The van der Waals surface area contributed by atoms with Crippen LogP contribution in [-0.2, 0) is 75.7 Å². The van der Waals surface area contributed by atoms with Crippen LogP contribution >= 0.6 is 23.1 Å². The quantitative estimate of drug-likeness (QED) is 0.390. The molecule has 0 saturated heterocycles. The van der Waals surface area contributed by atoms with E-state index >= 15 is 0 Å². The molecule has 0 aliphatic rings. The molecule has 2 aromatic carbocycles. The van der Waals surface area contributed by atoms with E-state index in [1.165, 1.54) is 33.4 Å². The van der Waals surface area contributed by atoms with Gasteiger partial charge in [-0.25, -0.2) is 0 Å². The minimum Gasteiger partial charge on any atom is -0.298 e. The average molecular weight is 560 g/mol. The van der Waals surface area contributed by atoms with Gasteiger partial charge in [-0.05, 0) is 49.6 Å². The van der Waals surface area contributed by atoms with Crippen LogP contribution < -0.4 is 0 Å². The molecule has 1 aromatic heterocycles. The number of halogens is 1. The van der Waals surface area contributed by atoms with E-state index in [-0.39, 0.29) is 0 Å². The molecule has 0 bridgehead atoms. The molecule has 0 fully saturated rings. The maximum atomic E-state index is 10.3. The van der Waals surface area contributed by atoms with Crippen molar-refractivity contribution < 1.29 is 4.79 Å². The molecule has 0 N–H and O–H groups in total. The van der Waals surface area contributed by atoms with Gasteiger partial charge in [0.15, 0.2) is 6.29 Å². The first-order valence-electron chi connectivity index (χ1n) is 7.29. The number of aryl methyl sites for hydroxylation is 2. The van der Waals surface area contributed by atoms with E-state index in [1.807, 2.05) is 19.2 Å². The van der Waals surface area contributed by atoms with Crippen molar-refractivity contribution in [1.29, 1.82) is 0 Å². The lowest BCUT2D eigenvalue weighted by molar-refractivity contribution is 0.112. The highest BCUT2D eigenvalue weighted by molar-refractivity contribution is 8.70. The van der Waals surface area contributed by atoms with Crippen molar-refractivity contribution in [3.05, 3.63) is 64.3 Å². The van der Waals surface area contributed by atoms with Crippen LogP contribution in [0, 0.1) is 13.8 Å². The van der Waals surface area contributed by atoms with Crippen LogP contribution in [0.3, 0.4) is 0 Å². The van der Waals surface area contributed by atoms with Gasteiger partial charge in [0, 0.05) is 92.8 Å². The number of hydrogen-bond acceptors (Lipinski definition) is 5. The van der Waals surface area contributed by atoms with E-state index < -0.39 is 0 Å². The standard InChI is InChI=1S/C8H7ClO.C8H7NS.S8/c1-6-2-3-8(9)7(4-6)5-10;1-6-2-3-8-7(4-6)5-9-10-8;1-3-5-7-8-6-4-2/h2*2-5H,1H3;. The van der Waals surface area contributed by atoms with E-state index in [0.29, 0.717) is 10.6 Å². The summed E-state index contributed by atoms with van der Waals surface area (Å²) in [5, 5.41) is 1.77. The number of nitrogens with zero attached hydrogens (tertiary/aromatic N) is 1. The van der Waals surface area contributed by atoms with Crippen LogP contribution in [0.2, 0.25) is 5.02 Å². The molecule has 0 aliphatic carbocycles. The molecule has 0 saturated carbocycles. The Kier molecular flexibility index (Phi) is 14.8. The van der Waals surface area contributed by atoms with Crippen molar-refractivity contribution in [2.24, 2.45) is 0 Å². The van der Waals surface area contributed by atoms with E-state index in [1.54, 1.807) is 59.2 Å². The van der Waals surface area contributed by atoms with Gasteiger partial charge in [0.25, 0.3) is 0 Å². The first-order chi connectivity index (χ1) is 13.5. The summed E-state index contributed by atoms with van der Waals surface area (Å²) in [6.07, 6.45) is 2.67. The molecule has 0 amide bonds. The summed E-state index contributed by atoms with van der Waals surface area (Å²) in [7, 11) is 9.12. The summed E-state index contributed by atoms with van der Waals surface area (Å²) >= 11 is 16.4. The van der Waals surface area contributed by atoms with Gasteiger partial charge in [-0.3, -0.25) is 4.79 Å². The number of aldehydes is 1. The minimum atomic E-state index is 0.514. The largest absolute Gasteiger partial charge is 0.298 e. The fourth-order valence-corrected chi connectivity index (χ4v) is 13.6. The average Bonchev–Trinajstić information content (AvgIpc) is 3.16.